The standard InChI is InChI=1S/C11H14O4/c1-3-15-11(13)10(12)8-5-4-6-9(7-8)14-2/h4-7,10,12H,3H2,1-2H3. The van der Waals surface area contributed by atoms with E-state index in [1.807, 2.05) is 0 Å². The molecule has 1 N–H and O–H groups in total. The second kappa shape index (κ2) is 5.36. The Morgan fingerprint density at radius 3 is 2.87 bits per heavy atom. The molecular weight excluding hydrogens is 196 g/mol. The van der Waals surface area contributed by atoms with Gasteiger partial charge in [-0.1, -0.05) is 12.1 Å². The number of rotatable bonds is 4. The van der Waals surface area contributed by atoms with Crippen molar-refractivity contribution in [1.29, 1.82) is 0 Å². The molecule has 0 aliphatic rings. The van der Waals surface area contributed by atoms with Crippen LogP contribution in [0.25, 0.3) is 0 Å². The molecule has 0 aliphatic heterocycles. The van der Waals surface area contributed by atoms with Gasteiger partial charge in [-0.25, -0.2) is 4.79 Å². The van der Waals surface area contributed by atoms with Crippen LogP contribution in [0.15, 0.2) is 24.3 Å². The van der Waals surface area contributed by atoms with Crippen molar-refractivity contribution in [3.8, 4) is 5.75 Å². The van der Waals surface area contributed by atoms with Crippen LogP contribution in [-0.2, 0) is 9.53 Å². The van der Waals surface area contributed by atoms with E-state index in [0.717, 1.165) is 0 Å². The van der Waals surface area contributed by atoms with Gasteiger partial charge in [0.25, 0.3) is 0 Å². The number of benzene rings is 1. The van der Waals surface area contributed by atoms with Gasteiger partial charge in [-0.05, 0) is 24.6 Å². The molecule has 82 valence electrons. The molecule has 1 aromatic carbocycles. The highest BCUT2D eigenvalue weighted by Crippen LogP contribution is 2.19. The van der Waals surface area contributed by atoms with E-state index in [4.69, 9.17) is 9.47 Å². The predicted octanol–water partition coefficient (Wildman–Crippen LogP) is 1.29. The Labute approximate surface area is 88.4 Å². The first-order valence-corrected chi connectivity index (χ1v) is 4.67. The first-order valence-electron chi connectivity index (χ1n) is 4.67. The second-order valence-corrected chi connectivity index (χ2v) is 2.93. The molecule has 1 aromatic rings. The Balaban J connectivity index is 2.81. The summed E-state index contributed by atoms with van der Waals surface area (Å²) in [4.78, 5) is 11.2. The molecule has 4 heteroatoms. The fraction of sp³-hybridized carbons (Fsp3) is 0.364. The zero-order valence-corrected chi connectivity index (χ0v) is 8.77. The second-order valence-electron chi connectivity index (χ2n) is 2.93. The van der Waals surface area contributed by atoms with E-state index in [1.54, 1.807) is 31.2 Å². The highest BCUT2D eigenvalue weighted by atomic mass is 16.5. The van der Waals surface area contributed by atoms with Crippen molar-refractivity contribution in [3.63, 3.8) is 0 Å². The first-order chi connectivity index (χ1) is 7.19. The largest absolute Gasteiger partial charge is 0.497 e. The van der Waals surface area contributed by atoms with Crippen molar-refractivity contribution in [1.82, 2.24) is 0 Å². The number of esters is 1. The van der Waals surface area contributed by atoms with Crippen LogP contribution in [0, 0.1) is 0 Å². The maximum atomic E-state index is 11.2. The van der Waals surface area contributed by atoms with Crippen LogP contribution in [-0.4, -0.2) is 24.8 Å². The molecule has 0 amide bonds. The van der Waals surface area contributed by atoms with Gasteiger partial charge in [0.05, 0.1) is 13.7 Å². The molecule has 0 aromatic heterocycles. The zero-order chi connectivity index (χ0) is 11.3. The third-order valence-corrected chi connectivity index (χ3v) is 1.92. The number of aliphatic hydroxyl groups is 1. The Morgan fingerprint density at radius 1 is 1.53 bits per heavy atom. The van der Waals surface area contributed by atoms with Gasteiger partial charge in [0.1, 0.15) is 5.75 Å². The summed E-state index contributed by atoms with van der Waals surface area (Å²) >= 11 is 0. The average Bonchev–Trinajstić information content (AvgIpc) is 2.28. The first kappa shape index (κ1) is 11.5. The molecule has 0 fully saturated rings. The summed E-state index contributed by atoms with van der Waals surface area (Å²) in [5.41, 5.74) is 0.466. The molecule has 0 heterocycles. The lowest BCUT2D eigenvalue weighted by Crippen LogP contribution is -2.15. The van der Waals surface area contributed by atoms with E-state index in [2.05, 4.69) is 0 Å². The van der Waals surface area contributed by atoms with E-state index in [0.29, 0.717) is 11.3 Å². The topological polar surface area (TPSA) is 55.8 Å². The van der Waals surface area contributed by atoms with Crippen LogP contribution in [0.2, 0.25) is 0 Å². The van der Waals surface area contributed by atoms with Crippen LogP contribution in [0.3, 0.4) is 0 Å². The van der Waals surface area contributed by atoms with Crippen molar-refractivity contribution in [3.05, 3.63) is 29.8 Å². The third-order valence-electron chi connectivity index (χ3n) is 1.92. The molecule has 0 saturated carbocycles. The molecule has 0 saturated heterocycles. The van der Waals surface area contributed by atoms with Crippen LogP contribution >= 0.6 is 0 Å². The molecule has 0 spiro atoms. The Hall–Kier alpha value is -1.55. The molecule has 0 bridgehead atoms. The average molecular weight is 210 g/mol. The van der Waals surface area contributed by atoms with Gasteiger partial charge in [-0.15, -0.1) is 0 Å². The summed E-state index contributed by atoms with van der Waals surface area (Å²) in [5, 5.41) is 9.61. The highest BCUT2D eigenvalue weighted by molar-refractivity contribution is 5.76. The van der Waals surface area contributed by atoms with Gasteiger partial charge < -0.3 is 14.6 Å². The quantitative estimate of drug-likeness (QED) is 0.761. The third kappa shape index (κ3) is 2.95. The maximum Gasteiger partial charge on any atom is 0.339 e. The Kier molecular flexibility index (Phi) is 4.12. The Morgan fingerprint density at radius 2 is 2.27 bits per heavy atom. The lowest BCUT2D eigenvalue weighted by atomic mass is 10.1. The monoisotopic (exact) mass is 210 g/mol. The number of methoxy groups -OCH3 is 1. The van der Waals surface area contributed by atoms with E-state index in [9.17, 15) is 9.90 Å². The van der Waals surface area contributed by atoms with E-state index in [-0.39, 0.29) is 6.61 Å². The van der Waals surface area contributed by atoms with Gasteiger partial charge in [-0.2, -0.15) is 0 Å². The molecule has 1 unspecified atom stereocenters. The van der Waals surface area contributed by atoms with Crippen LogP contribution < -0.4 is 4.74 Å². The number of ether oxygens (including phenoxy) is 2. The summed E-state index contributed by atoms with van der Waals surface area (Å²) in [6.07, 6.45) is -1.25. The normalized spacial score (nSPS) is 11.9. The minimum absolute atomic E-state index is 0.250. The van der Waals surface area contributed by atoms with Crippen LogP contribution in [0.5, 0.6) is 5.75 Å². The number of carbonyl (C=O) groups is 1. The minimum Gasteiger partial charge on any atom is -0.497 e. The van der Waals surface area contributed by atoms with E-state index in [1.165, 1.54) is 7.11 Å². The highest BCUT2D eigenvalue weighted by Gasteiger charge is 2.18. The summed E-state index contributed by atoms with van der Waals surface area (Å²) in [6, 6.07) is 6.68. The molecule has 0 aliphatic carbocycles. The van der Waals surface area contributed by atoms with Crippen molar-refractivity contribution in [2.24, 2.45) is 0 Å². The summed E-state index contributed by atoms with van der Waals surface area (Å²) in [6.45, 7) is 1.94. The molecule has 0 radical (unpaired) electrons. The smallest absolute Gasteiger partial charge is 0.339 e. The number of hydrogen-bond acceptors (Lipinski definition) is 4. The van der Waals surface area contributed by atoms with Gasteiger partial charge in [0.2, 0.25) is 0 Å². The SMILES string of the molecule is CCOC(=O)C(O)c1cccc(OC)c1. The van der Waals surface area contributed by atoms with Gasteiger partial charge in [0, 0.05) is 0 Å². The minimum atomic E-state index is -1.25. The lowest BCUT2D eigenvalue weighted by molar-refractivity contribution is -0.153. The van der Waals surface area contributed by atoms with Crippen molar-refractivity contribution in [2.75, 3.05) is 13.7 Å². The molecule has 4 nitrogen and oxygen atoms in total. The van der Waals surface area contributed by atoms with E-state index < -0.39 is 12.1 Å². The van der Waals surface area contributed by atoms with Gasteiger partial charge in [-0.3, -0.25) is 0 Å². The zero-order valence-electron chi connectivity index (χ0n) is 8.77. The molecule has 1 rings (SSSR count). The lowest BCUT2D eigenvalue weighted by Gasteiger charge is -2.10. The molecular formula is C11H14O4. The number of aliphatic hydroxyl groups excluding tert-OH is 1. The van der Waals surface area contributed by atoms with Crippen molar-refractivity contribution in [2.45, 2.75) is 13.0 Å². The van der Waals surface area contributed by atoms with Crippen molar-refractivity contribution >= 4 is 5.97 Å². The van der Waals surface area contributed by atoms with E-state index >= 15 is 0 Å². The number of carbonyl (C=O) groups excluding carboxylic acids is 1. The summed E-state index contributed by atoms with van der Waals surface area (Å²) < 4.78 is 9.68. The van der Waals surface area contributed by atoms with Gasteiger partial charge >= 0.3 is 5.97 Å². The molecule has 1 atom stereocenters. The maximum absolute atomic E-state index is 11.2. The Bertz CT molecular complexity index is 335. The molecule has 15 heavy (non-hydrogen) atoms. The summed E-state index contributed by atoms with van der Waals surface area (Å²) in [7, 11) is 1.52. The van der Waals surface area contributed by atoms with Gasteiger partial charge in [0.15, 0.2) is 6.10 Å². The van der Waals surface area contributed by atoms with Crippen LogP contribution in [0.1, 0.15) is 18.6 Å². The van der Waals surface area contributed by atoms with Crippen molar-refractivity contribution < 1.29 is 19.4 Å². The fourth-order valence-corrected chi connectivity index (χ4v) is 1.17. The predicted molar refractivity (Wildman–Crippen MR) is 54.6 cm³/mol. The fourth-order valence-electron chi connectivity index (χ4n) is 1.17. The summed E-state index contributed by atoms with van der Waals surface area (Å²) in [5.74, 6) is -0.0541. The number of hydrogen-bond donors (Lipinski definition) is 1. The van der Waals surface area contributed by atoms with Crippen LogP contribution in [0.4, 0.5) is 0 Å².